The van der Waals surface area contributed by atoms with E-state index in [0.717, 1.165) is 0 Å². The predicted octanol–water partition coefficient (Wildman–Crippen LogP) is 0.422. The Balaban J connectivity index is 2.81. The summed E-state index contributed by atoms with van der Waals surface area (Å²) in [5.74, 6) is -0.394. The van der Waals surface area contributed by atoms with E-state index in [-0.39, 0.29) is 0 Å². The molecule has 2 N–H and O–H groups in total. The van der Waals surface area contributed by atoms with Crippen molar-refractivity contribution in [2.45, 2.75) is 6.04 Å². The van der Waals surface area contributed by atoms with Gasteiger partial charge >= 0.3 is 0 Å². The number of rotatable bonds is 1. The second-order valence-corrected chi connectivity index (χ2v) is 2.82. The maximum absolute atomic E-state index is 10.8. The number of likely N-dealkylation sites (N-methyl/N-ethyl adjacent to an activating group) is 1. The zero-order valence-electron chi connectivity index (χ0n) is 6.12. The average Bonchev–Trinajstić information content (AvgIpc) is 1.94. The lowest BCUT2D eigenvalue weighted by Crippen LogP contribution is -2.39. The highest BCUT2D eigenvalue weighted by Gasteiger charge is 2.18. The molecule has 0 radical (unpaired) electrons. The van der Waals surface area contributed by atoms with Gasteiger partial charge in [0.2, 0.25) is 5.91 Å². The fraction of sp³-hybridized carbons (Fsp3) is 0.286. The van der Waals surface area contributed by atoms with Gasteiger partial charge in [-0.05, 0) is 12.2 Å². The van der Waals surface area contributed by atoms with Gasteiger partial charge in [0, 0.05) is 18.3 Å². The molecule has 0 saturated heterocycles. The molecule has 0 spiro atoms. The third kappa shape index (κ3) is 1.74. The Morgan fingerprint density at radius 1 is 1.82 bits per heavy atom. The van der Waals surface area contributed by atoms with Crippen LogP contribution in [0.4, 0.5) is 0 Å². The highest BCUT2D eigenvalue weighted by Crippen LogP contribution is 2.14. The fourth-order valence-corrected chi connectivity index (χ4v) is 1.06. The van der Waals surface area contributed by atoms with Crippen LogP contribution in [0.1, 0.15) is 0 Å². The molecule has 0 aromatic carbocycles. The summed E-state index contributed by atoms with van der Waals surface area (Å²) in [6.45, 7) is 0. The number of allylic oxidation sites excluding steroid dienone is 2. The molecule has 1 atom stereocenters. The lowest BCUT2D eigenvalue weighted by Gasteiger charge is -2.23. The van der Waals surface area contributed by atoms with Crippen molar-refractivity contribution >= 4 is 17.5 Å². The van der Waals surface area contributed by atoms with Crippen molar-refractivity contribution in [2.24, 2.45) is 5.73 Å². The Labute approximate surface area is 70.1 Å². The van der Waals surface area contributed by atoms with E-state index in [1.165, 1.54) is 0 Å². The lowest BCUT2D eigenvalue weighted by molar-refractivity contribution is -0.120. The largest absolute Gasteiger partial charge is 0.368 e. The molecule has 1 aliphatic rings. The molecule has 0 fully saturated rings. The third-order valence-corrected chi connectivity index (χ3v) is 1.77. The number of hydrogen-bond donors (Lipinski definition) is 1. The smallest absolute Gasteiger partial charge is 0.244 e. The zero-order chi connectivity index (χ0) is 8.43. The Kier molecular flexibility index (Phi) is 2.19. The summed E-state index contributed by atoms with van der Waals surface area (Å²) in [6.07, 6.45) is 5.04. The van der Waals surface area contributed by atoms with Crippen LogP contribution in [0.3, 0.4) is 0 Å². The van der Waals surface area contributed by atoms with Crippen LogP contribution in [-0.4, -0.2) is 23.9 Å². The zero-order valence-corrected chi connectivity index (χ0v) is 6.88. The van der Waals surface area contributed by atoms with Crippen molar-refractivity contribution in [1.29, 1.82) is 0 Å². The van der Waals surface area contributed by atoms with Gasteiger partial charge in [-0.3, -0.25) is 4.79 Å². The molecule has 3 nitrogen and oxygen atoms in total. The topological polar surface area (TPSA) is 46.3 Å². The minimum Gasteiger partial charge on any atom is -0.368 e. The van der Waals surface area contributed by atoms with Crippen LogP contribution in [-0.2, 0) is 4.79 Å². The first-order valence-corrected chi connectivity index (χ1v) is 3.56. The van der Waals surface area contributed by atoms with Crippen LogP contribution >= 0.6 is 11.6 Å². The Bertz CT molecular complexity index is 235. The molecule has 0 bridgehead atoms. The van der Waals surface area contributed by atoms with Gasteiger partial charge in [0.15, 0.2) is 0 Å². The molecule has 0 aliphatic carbocycles. The van der Waals surface area contributed by atoms with Crippen LogP contribution in [0.5, 0.6) is 0 Å². The van der Waals surface area contributed by atoms with E-state index >= 15 is 0 Å². The number of nitrogens with two attached hydrogens (primary N) is 1. The highest BCUT2D eigenvalue weighted by atomic mass is 35.5. The van der Waals surface area contributed by atoms with Crippen molar-refractivity contribution in [1.82, 2.24) is 4.90 Å². The van der Waals surface area contributed by atoms with Gasteiger partial charge in [-0.1, -0.05) is 11.6 Å². The molecule has 1 rings (SSSR count). The highest BCUT2D eigenvalue weighted by molar-refractivity contribution is 6.31. The van der Waals surface area contributed by atoms with E-state index in [0.29, 0.717) is 5.03 Å². The summed E-state index contributed by atoms with van der Waals surface area (Å²) in [7, 11) is 1.77. The average molecular weight is 173 g/mol. The first kappa shape index (κ1) is 8.14. The fourth-order valence-electron chi connectivity index (χ4n) is 0.888. The second kappa shape index (κ2) is 2.96. The summed E-state index contributed by atoms with van der Waals surface area (Å²) in [6, 6.07) is -0.410. The van der Waals surface area contributed by atoms with Gasteiger partial charge < -0.3 is 10.6 Å². The van der Waals surface area contributed by atoms with Crippen molar-refractivity contribution in [3.63, 3.8) is 0 Å². The normalized spacial score (nSPS) is 23.3. The molecule has 1 amide bonds. The minimum atomic E-state index is -0.410. The van der Waals surface area contributed by atoms with E-state index in [2.05, 4.69) is 0 Å². The van der Waals surface area contributed by atoms with Gasteiger partial charge in [0.05, 0.1) is 0 Å². The number of carbonyl (C=O) groups excluding carboxylic acids is 1. The van der Waals surface area contributed by atoms with E-state index in [4.69, 9.17) is 17.3 Å². The van der Waals surface area contributed by atoms with Gasteiger partial charge in [0.1, 0.15) is 6.04 Å². The number of amides is 1. The van der Waals surface area contributed by atoms with Crippen molar-refractivity contribution in [2.75, 3.05) is 7.05 Å². The van der Waals surface area contributed by atoms with Crippen molar-refractivity contribution < 1.29 is 4.79 Å². The second-order valence-electron chi connectivity index (χ2n) is 2.38. The number of halogens is 1. The molecular formula is C7H9ClN2O. The molecule has 0 aromatic heterocycles. The Hall–Kier alpha value is -0.960. The number of nitrogens with zero attached hydrogens (tertiary/aromatic N) is 1. The van der Waals surface area contributed by atoms with E-state index < -0.39 is 11.9 Å². The van der Waals surface area contributed by atoms with E-state index in [1.807, 2.05) is 0 Å². The molecule has 0 saturated carbocycles. The summed E-state index contributed by atoms with van der Waals surface area (Å²) >= 11 is 5.66. The standard InChI is InChI=1S/C7H9ClN2O/c1-10-3-2-5(8)4-6(10)7(9)11/h2-4,6H,1H3,(H2,9,11). The maximum atomic E-state index is 10.8. The van der Waals surface area contributed by atoms with Crippen LogP contribution in [0.15, 0.2) is 23.4 Å². The molecule has 1 aliphatic heterocycles. The van der Waals surface area contributed by atoms with Crippen LogP contribution in [0.25, 0.3) is 0 Å². The molecule has 1 unspecified atom stereocenters. The molecule has 60 valence electrons. The van der Waals surface area contributed by atoms with Crippen molar-refractivity contribution in [3.05, 3.63) is 23.4 Å². The predicted molar refractivity (Wildman–Crippen MR) is 43.8 cm³/mol. The van der Waals surface area contributed by atoms with Gasteiger partial charge in [-0.2, -0.15) is 0 Å². The molecule has 1 heterocycles. The lowest BCUT2D eigenvalue weighted by atomic mass is 10.2. The van der Waals surface area contributed by atoms with Gasteiger partial charge in [0.25, 0.3) is 0 Å². The van der Waals surface area contributed by atoms with Crippen LogP contribution < -0.4 is 5.73 Å². The van der Waals surface area contributed by atoms with Crippen LogP contribution in [0, 0.1) is 0 Å². The quantitative estimate of drug-likeness (QED) is 0.623. The SMILES string of the molecule is CN1C=CC(Cl)=CC1C(N)=O. The van der Waals surface area contributed by atoms with Crippen LogP contribution in [0.2, 0.25) is 0 Å². The molecule has 11 heavy (non-hydrogen) atoms. The van der Waals surface area contributed by atoms with Crippen molar-refractivity contribution in [3.8, 4) is 0 Å². The third-order valence-electron chi connectivity index (χ3n) is 1.52. The summed E-state index contributed by atoms with van der Waals surface area (Å²) in [5, 5.41) is 0.548. The summed E-state index contributed by atoms with van der Waals surface area (Å²) in [5.41, 5.74) is 5.10. The first-order chi connectivity index (χ1) is 5.11. The van der Waals surface area contributed by atoms with E-state index in [1.54, 1.807) is 30.3 Å². The van der Waals surface area contributed by atoms with E-state index in [9.17, 15) is 4.79 Å². The Morgan fingerprint density at radius 3 is 2.91 bits per heavy atom. The number of carbonyl (C=O) groups is 1. The number of hydrogen-bond acceptors (Lipinski definition) is 2. The maximum Gasteiger partial charge on any atom is 0.244 e. The van der Waals surface area contributed by atoms with Gasteiger partial charge in [-0.25, -0.2) is 0 Å². The summed E-state index contributed by atoms with van der Waals surface area (Å²) in [4.78, 5) is 12.5. The minimum absolute atomic E-state index is 0.394. The molecular weight excluding hydrogens is 164 g/mol. The monoisotopic (exact) mass is 172 g/mol. The molecule has 4 heteroatoms. The Morgan fingerprint density at radius 2 is 2.45 bits per heavy atom. The number of primary amides is 1. The summed E-state index contributed by atoms with van der Waals surface area (Å²) < 4.78 is 0. The molecule has 0 aromatic rings. The van der Waals surface area contributed by atoms with Gasteiger partial charge in [-0.15, -0.1) is 0 Å². The first-order valence-electron chi connectivity index (χ1n) is 3.18.